The maximum absolute atomic E-state index is 14.1. The van der Waals surface area contributed by atoms with Gasteiger partial charge in [0.15, 0.2) is 6.10 Å². The maximum Gasteiger partial charge on any atom is 0.247 e. The standard InChI is InChI=1S/C34H40N4O4/c1-23(2)21-28-32(39)35-20-19-24-15-17-27(18-16-24)42-31(26-13-9-6-10-14-26)30(34(41)36-28)37-33(40)29(38(3)4)22-25-11-7-5-8-12-25/h5-20,23,28-31H,21-22H2,1-4H3,(H,35,39)(H,36,41)(H,37,40)/b20-19-/t28-,29-,30-,31+/m0/s1. The van der Waals surface area contributed by atoms with Crippen LogP contribution >= 0.6 is 0 Å². The molecule has 0 unspecified atom stereocenters. The van der Waals surface area contributed by atoms with E-state index in [0.717, 1.165) is 11.1 Å². The Bertz CT molecular complexity index is 1360. The van der Waals surface area contributed by atoms with Gasteiger partial charge in [0.05, 0.1) is 6.04 Å². The van der Waals surface area contributed by atoms with Gasteiger partial charge in [-0.25, -0.2) is 0 Å². The summed E-state index contributed by atoms with van der Waals surface area (Å²) >= 11 is 0. The van der Waals surface area contributed by atoms with E-state index in [1.54, 1.807) is 24.4 Å². The Balaban J connectivity index is 1.75. The summed E-state index contributed by atoms with van der Waals surface area (Å²) in [5.74, 6) is -0.486. The normalized spacial score (nSPS) is 20.7. The molecule has 0 saturated heterocycles. The Morgan fingerprint density at radius 2 is 1.55 bits per heavy atom. The van der Waals surface area contributed by atoms with Crippen molar-refractivity contribution in [2.45, 2.75) is 50.9 Å². The third-order valence-electron chi connectivity index (χ3n) is 7.19. The summed E-state index contributed by atoms with van der Waals surface area (Å²) in [5, 5.41) is 8.74. The summed E-state index contributed by atoms with van der Waals surface area (Å²) in [6.45, 7) is 3.98. The first kappa shape index (κ1) is 30.5. The summed E-state index contributed by atoms with van der Waals surface area (Å²) in [6, 6.07) is 23.9. The number of rotatable bonds is 8. The highest BCUT2D eigenvalue weighted by atomic mass is 16.5. The zero-order chi connectivity index (χ0) is 30.1. The SMILES string of the molecule is CC(C)C[C@@H]1NC(=O)[C@@H](NC(=O)[C@H](Cc2ccccc2)N(C)C)[C@@H](c2ccccc2)Oc2ccc(cc2)/C=C\NC1=O. The average Bonchev–Trinajstić information content (AvgIpc) is 2.98. The second kappa shape index (κ2) is 14.5. The van der Waals surface area contributed by atoms with Crippen molar-refractivity contribution in [1.82, 2.24) is 20.9 Å². The molecule has 0 spiro atoms. The van der Waals surface area contributed by atoms with Crippen LogP contribution in [-0.4, -0.2) is 54.8 Å². The molecule has 0 radical (unpaired) electrons. The molecule has 220 valence electrons. The minimum atomic E-state index is -1.14. The van der Waals surface area contributed by atoms with Crippen LogP contribution in [0.1, 0.15) is 43.1 Å². The number of nitrogens with zero attached hydrogens (tertiary/aromatic N) is 1. The first-order valence-electron chi connectivity index (χ1n) is 14.3. The van der Waals surface area contributed by atoms with E-state index in [1.807, 2.05) is 106 Å². The molecule has 42 heavy (non-hydrogen) atoms. The molecule has 0 aromatic heterocycles. The molecule has 2 bridgehead atoms. The second-order valence-corrected chi connectivity index (χ2v) is 11.2. The van der Waals surface area contributed by atoms with E-state index in [2.05, 4.69) is 16.0 Å². The highest BCUT2D eigenvalue weighted by Crippen LogP contribution is 2.27. The summed E-state index contributed by atoms with van der Waals surface area (Å²) in [5.41, 5.74) is 2.59. The van der Waals surface area contributed by atoms with Crippen molar-refractivity contribution in [3.63, 3.8) is 0 Å². The molecular weight excluding hydrogens is 528 g/mol. The van der Waals surface area contributed by atoms with E-state index in [-0.39, 0.29) is 17.7 Å². The molecule has 8 nitrogen and oxygen atoms in total. The molecule has 0 fully saturated rings. The van der Waals surface area contributed by atoms with E-state index >= 15 is 0 Å². The maximum atomic E-state index is 14.1. The Labute approximate surface area is 248 Å². The molecule has 5 rings (SSSR count). The van der Waals surface area contributed by atoms with E-state index in [9.17, 15) is 14.4 Å². The number of amides is 3. The van der Waals surface area contributed by atoms with Crippen molar-refractivity contribution in [1.29, 1.82) is 0 Å². The number of hydrogen-bond donors (Lipinski definition) is 3. The Morgan fingerprint density at radius 3 is 2.17 bits per heavy atom. The van der Waals surface area contributed by atoms with Crippen molar-refractivity contribution in [3.05, 3.63) is 108 Å². The van der Waals surface area contributed by atoms with Gasteiger partial charge in [-0.15, -0.1) is 0 Å². The average molecular weight is 569 g/mol. The number of fused-ring (bicyclic) bond motifs is 10. The quantitative estimate of drug-likeness (QED) is 0.380. The zero-order valence-electron chi connectivity index (χ0n) is 24.6. The van der Waals surface area contributed by atoms with Crippen LogP contribution in [0.25, 0.3) is 6.08 Å². The molecule has 2 aliphatic rings. The van der Waals surface area contributed by atoms with Crippen molar-refractivity contribution >= 4 is 23.8 Å². The van der Waals surface area contributed by atoms with Crippen molar-refractivity contribution in [2.24, 2.45) is 5.92 Å². The predicted molar refractivity (Wildman–Crippen MR) is 164 cm³/mol. The molecule has 8 heteroatoms. The van der Waals surface area contributed by atoms with Crippen molar-refractivity contribution in [2.75, 3.05) is 14.1 Å². The number of hydrogen-bond acceptors (Lipinski definition) is 5. The molecule has 3 amide bonds. The number of benzene rings is 3. The van der Waals surface area contributed by atoms with Crippen LogP contribution in [-0.2, 0) is 20.8 Å². The lowest BCUT2D eigenvalue weighted by atomic mass is 9.97. The minimum Gasteiger partial charge on any atom is -0.483 e. The molecule has 3 aromatic rings. The highest BCUT2D eigenvalue weighted by molar-refractivity contribution is 5.94. The van der Waals surface area contributed by atoms with Gasteiger partial charge in [-0.2, -0.15) is 0 Å². The molecule has 4 atom stereocenters. The van der Waals surface area contributed by atoms with Gasteiger partial charge in [-0.1, -0.05) is 86.6 Å². The van der Waals surface area contributed by atoms with Crippen LogP contribution in [0, 0.1) is 5.92 Å². The lowest BCUT2D eigenvalue weighted by Crippen LogP contribution is -2.58. The van der Waals surface area contributed by atoms with E-state index in [4.69, 9.17) is 4.74 Å². The highest BCUT2D eigenvalue weighted by Gasteiger charge is 2.37. The number of ether oxygens (including phenoxy) is 1. The fourth-order valence-corrected chi connectivity index (χ4v) is 4.94. The van der Waals surface area contributed by atoms with Crippen LogP contribution in [0.5, 0.6) is 5.75 Å². The van der Waals surface area contributed by atoms with Gasteiger partial charge < -0.3 is 20.7 Å². The summed E-state index contributed by atoms with van der Waals surface area (Å²) in [4.78, 5) is 43.1. The van der Waals surface area contributed by atoms with Gasteiger partial charge in [0.1, 0.15) is 17.8 Å². The largest absolute Gasteiger partial charge is 0.483 e. The predicted octanol–water partition coefficient (Wildman–Crippen LogP) is 4.10. The van der Waals surface area contributed by atoms with Gasteiger partial charge in [0, 0.05) is 6.20 Å². The lowest BCUT2D eigenvalue weighted by Gasteiger charge is -2.32. The van der Waals surface area contributed by atoms with Crippen molar-refractivity contribution < 1.29 is 19.1 Å². The van der Waals surface area contributed by atoms with E-state index in [1.165, 1.54) is 0 Å². The van der Waals surface area contributed by atoms with Gasteiger partial charge in [0.2, 0.25) is 17.7 Å². The molecule has 3 N–H and O–H groups in total. The first-order valence-corrected chi connectivity index (χ1v) is 14.3. The second-order valence-electron chi connectivity index (χ2n) is 11.2. The molecule has 3 aromatic carbocycles. The monoisotopic (exact) mass is 568 g/mol. The number of likely N-dealkylation sites (N-methyl/N-ethyl adjacent to an activating group) is 1. The van der Waals surface area contributed by atoms with Crippen LogP contribution in [0.15, 0.2) is 91.1 Å². The summed E-state index contributed by atoms with van der Waals surface area (Å²) in [7, 11) is 3.67. The van der Waals surface area contributed by atoms with Gasteiger partial charge in [-0.3, -0.25) is 19.3 Å². The van der Waals surface area contributed by atoms with Gasteiger partial charge in [0.25, 0.3) is 0 Å². The topological polar surface area (TPSA) is 99.8 Å². The molecular formula is C34H40N4O4. The zero-order valence-corrected chi connectivity index (χ0v) is 24.6. The molecule has 0 aliphatic carbocycles. The number of carbonyl (C=O) groups excluding carboxylic acids is 3. The number of nitrogens with one attached hydrogen (secondary N) is 3. The van der Waals surface area contributed by atoms with Crippen LogP contribution in [0.4, 0.5) is 0 Å². The Hall–Kier alpha value is -4.43. The van der Waals surface area contributed by atoms with Gasteiger partial charge in [-0.05, 0) is 67.8 Å². The fraction of sp³-hybridized carbons (Fsp3) is 0.324. The fourth-order valence-electron chi connectivity index (χ4n) is 4.94. The number of carbonyl (C=O) groups is 3. The minimum absolute atomic E-state index is 0.133. The third-order valence-corrected chi connectivity index (χ3v) is 7.19. The lowest BCUT2D eigenvalue weighted by molar-refractivity contribution is -0.135. The van der Waals surface area contributed by atoms with E-state index in [0.29, 0.717) is 24.2 Å². The summed E-state index contributed by atoms with van der Waals surface area (Å²) < 4.78 is 6.47. The van der Waals surface area contributed by atoms with Crippen LogP contribution < -0.4 is 20.7 Å². The molecule has 2 heterocycles. The third kappa shape index (κ3) is 8.30. The van der Waals surface area contributed by atoms with Gasteiger partial charge >= 0.3 is 0 Å². The smallest absolute Gasteiger partial charge is 0.247 e. The molecule has 2 aliphatic heterocycles. The molecule has 0 saturated carbocycles. The first-order chi connectivity index (χ1) is 20.2. The van der Waals surface area contributed by atoms with Crippen LogP contribution in [0.2, 0.25) is 0 Å². The Morgan fingerprint density at radius 1 is 0.905 bits per heavy atom. The Kier molecular flexibility index (Phi) is 10.5. The van der Waals surface area contributed by atoms with Crippen molar-refractivity contribution in [3.8, 4) is 5.75 Å². The van der Waals surface area contributed by atoms with Crippen LogP contribution in [0.3, 0.4) is 0 Å². The van der Waals surface area contributed by atoms with E-state index < -0.39 is 30.1 Å². The summed E-state index contributed by atoms with van der Waals surface area (Å²) in [6.07, 6.45) is 3.36.